The van der Waals surface area contributed by atoms with Gasteiger partial charge in [-0.25, -0.2) is 4.98 Å². The zero-order chi connectivity index (χ0) is 10.6. The van der Waals surface area contributed by atoms with E-state index in [-0.39, 0.29) is 0 Å². The molecule has 0 spiro atoms. The molecule has 1 rings (SSSR count). The second kappa shape index (κ2) is 4.99. The number of aromatic nitrogens is 1. The number of pyridine rings is 1. The van der Waals surface area contributed by atoms with Gasteiger partial charge in [-0.2, -0.15) is 0 Å². The van der Waals surface area contributed by atoms with Gasteiger partial charge in [0.05, 0.1) is 0 Å². The Balaban J connectivity index is 2.45. The lowest BCUT2D eigenvalue weighted by atomic mass is 9.98. The number of rotatable bonds is 4. The van der Waals surface area contributed by atoms with E-state index in [1.54, 1.807) is 0 Å². The minimum atomic E-state index is 0.678. The van der Waals surface area contributed by atoms with Gasteiger partial charge in [0.1, 0.15) is 5.82 Å². The summed E-state index contributed by atoms with van der Waals surface area (Å²) in [5.41, 5.74) is 1.25. The van der Waals surface area contributed by atoms with Crippen molar-refractivity contribution in [2.45, 2.75) is 27.7 Å². The van der Waals surface area contributed by atoms with E-state index < -0.39 is 0 Å². The quantitative estimate of drug-likeness (QED) is 0.793. The molecule has 0 aliphatic rings. The van der Waals surface area contributed by atoms with Gasteiger partial charge in [-0.1, -0.05) is 20.8 Å². The maximum Gasteiger partial charge on any atom is 0.126 e. The van der Waals surface area contributed by atoms with Crippen LogP contribution in [0.1, 0.15) is 26.3 Å². The number of hydrogen-bond donors (Lipinski definition) is 1. The maximum absolute atomic E-state index is 4.26. The van der Waals surface area contributed by atoms with Crippen molar-refractivity contribution in [1.29, 1.82) is 0 Å². The topological polar surface area (TPSA) is 24.9 Å². The smallest absolute Gasteiger partial charge is 0.126 e. The summed E-state index contributed by atoms with van der Waals surface area (Å²) in [6.45, 7) is 9.83. The minimum Gasteiger partial charge on any atom is -0.370 e. The SMILES string of the molecule is Cc1ccnc(NCC(C)C(C)C)c1. The van der Waals surface area contributed by atoms with Crippen LogP contribution < -0.4 is 5.32 Å². The van der Waals surface area contributed by atoms with Crippen LogP contribution in [0.2, 0.25) is 0 Å². The lowest BCUT2D eigenvalue weighted by Gasteiger charge is -2.16. The molecular formula is C12H20N2. The second-order valence-corrected chi connectivity index (χ2v) is 4.32. The zero-order valence-corrected chi connectivity index (χ0v) is 9.54. The Morgan fingerprint density at radius 1 is 1.36 bits per heavy atom. The summed E-state index contributed by atoms with van der Waals surface area (Å²) in [7, 11) is 0. The van der Waals surface area contributed by atoms with E-state index in [0.717, 1.165) is 12.4 Å². The molecule has 0 saturated carbocycles. The standard InChI is InChI=1S/C12H20N2/c1-9(2)11(4)8-14-12-7-10(3)5-6-13-12/h5-7,9,11H,8H2,1-4H3,(H,13,14). The molecule has 2 heteroatoms. The Hall–Kier alpha value is -1.05. The molecule has 0 aliphatic heterocycles. The van der Waals surface area contributed by atoms with Gasteiger partial charge in [0.25, 0.3) is 0 Å². The Labute approximate surface area is 86.8 Å². The van der Waals surface area contributed by atoms with Gasteiger partial charge in [0.15, 0.2) is 0 Å². The average molecular weight is 192 g/mol. The van der Waals surface area contributed by atoms with Gasteiger partial charge < -0.3 is 5.32 Å². The van der Waals surface area contributed by atoms with Crippen molar-refractivity contribution in [3.8, 4) is 0 Å². The number of anilines is 1. The highest BCUT2D eigenvalue weighted by atomic mass is 15.0. The number of nitrogens with zero attached hydrogens (tertiary/aromatic N) is 1. The molecule has 0 aliphatic carbocycles. The highest BCUT2D eigenvalue weighted by Gasteiger charge is 2.06. The maximum atomic E-state index is 4.26. The van der Waals surface area contributed by atoms with Crippen LogP contribution in [0.15, 0.2) is 18.3 Å². The minimum absolute atomic E-state index is 0.678. The van der Waals surface area contributed by atoms with Crippen LogP contribution in [0.3, 0.4) is 0 Å². The van der Waals surface area contributed by atoms with Crippen LogP contribution in [0.25, 0.3) is 0 Å². The molecular weight excluding hydrogens is 172 g/mol. The van der Waals surface area contributed by atoms with Crippen LogP contribution in [0, 0.1) is 18.8 Å². The lowest BCUT2D eigenvalue weighted by molar-refractivity contribution is 0.439. The summed E-state index contributed by atoms with van der Waals surface area (Å²) < 4.78 is 0. The van der Waals surface area contributed by atoms with Crippen LogP contribution >= 0.6 is 0 Å². The first-order valence-electron chi connectivity index (χ1n) is 5.26. The molecule has 1 aromatic heterocycles. The lowest BCUT2D eigenvalue weighted by Crippen LogP contribution is -2.16. The van der Waals surface area contributed by atoms with Gasteiger partial charge in [0.2, 0.25) is 0 Å². The molecule has 14 heavy (non-hydrogen) atoms. The monoisotopic (exact) mass is 192 g/mol. The van der Waals surface area contributed by atoms with Gasteiger partial charge in [0, 0.05) is 12.7 Å². The predicted molar refractivity (Wildman–Crippen MR) is 61.5 cm³/mol. The third kappa shape index (κ3) is 3.36. The molecule has 0 aromatic carbocycles. The molecule has 0 saturated heterocycles. The molecule has 1 aromatic rings. The van der Waals surface area contributed by atoms with E-state index in [9.17, 15) is 0 Å². The van der Waals surface area contributed by atoms with E-state index in [1.807, 2.05) is 12.3 Å². The molecule has 0 amide bonds. The Bertz CT molecular complexity index is 281. The normalized spacial score (nSPS) is 12.9. The third-order valence-electron chi connectivity index (χ3n) is 2.66. The van der Waals surface area contributed by atoms with Gasteiger partial charge >= 0.3 is 0 Å². The number of nitrogens with one attached hydrogen (secondary N) is 1. The average Bonchev–Trinajstić information content (AvgIpc) is 2.14. The highest BCUT2D eigenvalue weighted by Crippen LogP contribution is 2.11. The molecule has 2 nitrogen and oxygen atoms in total. The van der Waals surface area contributed by atoms with E-state index in [1.165, 1.54) is 5.56 Å². The summed E-state index contributed by atoms with van der Waals surface area (Å²) >= 11 is 0. The molecule has 1 atom stereocenters. The highest BCUT2D eigenvalue weighted by molar-refractivity contribution is 5.36. The fraction of sp³-hybridized carbons (Fsp3) is 0.583. The Morgan fingerprint density at radius 3 is 2.64 bits per heavy atom. The first kappa shape index (κ1) is 11.0. The predicted octanol–water partition coefficient (Wildman–Crippen LogP) is 3.09. The van der Waals surface area contributed by atoms with Crippen molar-refractivity contribution >= 4 is 5.82 Å². The van der Waals surface area contributed by atoms with Crippen LogP contribution in [0.5, 0.6) is 0 Å². The first-order valence-corrected chi connectivity index (χ1v) is 5.26. The van der Waals surface area contributed by atoms with Gasteiger partial charge in [-0.3, -0.25) is 0 Å². The van der Waals surface area contributed by atoms with E-state index in [4.69, 9.17) is 0 Å². The van der Waals surface area contributed by atoms with Crippen molar-refractivity contribution in [1.82, 2.24) is 4.98 Å². The van der Waals surface area contributed by atoms with Gasteiger partial charge in [-0.15, -0.1) is 0 Å². The Morgan fingerprint density at radius 2 is 2.07 bits per heavy atom. The van der Waals surface area contributed by atoms with Crippen molar-refractivity contribution < 1.29 is 0 Å². The summed E-state index contributed by atoms with van der Waals surface area (Å²) in [5, 5.41) is 3.36. The van der Waals surface area contributed by atoms with Crippen LogP contribution in [-0.2, 0) is 0 Å². The fourth-order valence-electron chi connectivity index (χ4n) is 1.13. The molecule has 1 heterocycles. The molecule has 1 unspecified atom stereocenters. The van der Waals surface area contributed by atoms with E-state index >= 15 is 0 Å². The number of hydrogen-bond acceptors (Lipinski definition) is 2. The van der Waals surface area contributed by atoms with Crippen molar-refractivity contribution in [3.63, 3.8) is 0 Å². The van der Waals surface area contributed by atoms with E-state index in [0.29, 0.717) is 11.8 Å². The van der Waals surface area contributed by atoms with Crippen molar-refractivity contribution in [2.75, 3.05) is 11.9 Å². The summed E-state index contributed by atoms with van der Waals surface area (Å²) in [4.78, 5) is 4.26. The molecule has 0 radical (unpaired) electrons. The first-order chi connectivity index (χ1) is 6.59. The molecule has 1 N–H and O–H groups in total. The summed E-state index contributed by atoms with van der Waals surface area (Å²) in [6.07, 6.45) is 1.84. The third-order valence-corrected chi connectivity index (χ3v) is 2.66. The van der Waals surface area contributed by atoms with Crippen molar-refractivity contribution in [3.05, 3.63) is 23.9 Å². The van der Waals surface area contributed by atoms with Crippen LogP contribution in [-0.4, -0.2) is 11.5 Å². The molecule has 78 valence electrons. The summed E-state index contributed by atoms with van der Waals surface area (Å²) in [6, 6.07) is 4.09. The number of aryl methyl sites for hydroxylation is 1. The molecule has 0 bridgehead atoms. The largest absolute Gasteiger partial charge is 0.370 e. The zero-order valence-electron chi connectivity index (χ0n) is 9.54. The fourth-order valence-corrected chi connectivity index (χ4v) is 1.13. The Kier molecular flexibility index (Phi) is 3.93. The van der Waals surface area contributed by atoms with E-state index in [2.05, 4.69) is 44.1 Å². The van der Waals surface area contributed by atoms with Gasteiger partial charge in [-0.05, 0) is 36.5 Å². The van der Waals surface area contributed by atoms with Crippen molar-refractivity contribution in [2.24, 2.45) is 11.8 Å². The second-order valence-electron chi connectivity index (χ2n) is 4.32. The molecule has 0 fully saturated rings. The summed E-state index contributed by atoms with van der Waals surface area (Å²) in [5.74, 6) is 2.38. The van der Waals surface area contributed by atoms with Crippen LogP contribution in [0.4, 0.5) is 5.82 Å².